The van der Waals surface area contributed by atoms with Crippen LogP contribution in [0.25, 0.3) is 0 Å². The van der Waals surface area contributed by atoms with E-state index in [1.54, 1.807) is 14.2 Å². The molecule has 0 aliphatic rings. The van der Waals surface area contributed by atoms with Gasteiger partial charge in [-0.15, -0.1) is 0 Å². The first kappa shape index (κ1) is 22.8. The zero-order valence-corrected chi connectivity index (χ0v) is 18.2. The third kappa shape index (κ3) is 7.10. The molecule has 0 aliphatic heterocycles. The van der Waals surface area contributed by atoms with Crippen molar-refractivity contribution < 1.29 is 19.3 Å². The summed E-state index contributed by atoms with van der Waals surface area (Å²) in [4.78, 5) is 0. The van der Waals surface area contributed by atoms with Gasteiger partial charge in [0.2, 0.25) is 0 Å². The third-order valence-corrected chi connectivity index (χ3v) is 5.11. The number of methoxy groups -OCH3 is 2. The van der Waals surface area contributed by atoms with Gasteiger partial charge in [-0.3, -0.25) is 0 Å². The van der Waals surface area contributed by atoms with E-state index < -0.39 is 6.10 Å². The van der Waals surface area contributed by atoms with Crippen molar-refractivity contribution in [3.8, 4) is 11.5 Å². The maximum absolute atomic E-state index is 10.4. The Kier molecular flexibility index (Phi) is 8.91. The van der Waals surface area contributed by atoms with Gasteiger partial charge in [0.15, 0.2) is 0 Å². The van der Waals surface area contributed by atoms with E-state index in [1.165, 1.54) is 5.56 Å². The van der Waals surface area contributed by atoms with Gasteiger partial charge in [-0.05, 0) is 53.9 Å². The summed E-state index contributed by atoms with van der Waals surface area (Å²) < 4.78 is 16.7. The molecule has 3 aromatic rings. The number of ether oxygens (including phenoxy) is 3. The Morgan fingerprint density at radius 1 is 0.774 bits per heavy atom. The maximum Gasteiger partial charge on any atom is 0.118 e. The molecule has 2 N–H and O–H groups in total. The predicted octanol–water partition coefficient (Wildman–Crippen LogP) is 4.00. The van der Waals surface area contributed by atoms with Crippen LogP contribution in [0.1, 0.15) is 22.8 Å². The van der Waals surface area contributed by atoms with Crippen molar-refractivity contribution in [3.63, 3.8) is 0 Å². The minimum absolute atomic E-state index is 0.223. The third-order valence-electron chi connectivity index (χ3n) is 5.11. The molecule has 1 atom stereocenters. The van der Waals surface area contributed by atoms with Gasteiger partial charge in [-0.2, -0.15) is 0 Å². The lowest BCUT2D eigenvalue weighted by Crippen LogP contribution is -2.32. The van der Waals surface area contributed by atoms with Crippen LogP contribution >= 0.6 is 0 Å². The van der Waals surface area contributed by atoms with E-state index in [2.05, 4.69) is 17.4 Å². The van der Waals surface area contributed by atoms with Gasteiger partial charge >= 0.3 is 0 Å². The molecule has 0 bridgehead atoms. The van der Waals surface area contributed by atoms with Crippen LogP contribution in [0.4, 0.5) is 0 Å². The molecule has 0 saturated heterocycles. The predicted molar refractivity (Wildman–Crippen MR) is 123 cm³/mol. The minimum atomic E-state index is -0.602. The van der Waals surface area contributed by atoms with Gasteiger partial charge in [0.05, 0.1) is 26.9 Å². The summed E-state index contributed by atoms with van der Waals surface area (Å²) in [5.74, 6) is 1.58. The molecular formula is C26H31NO4. The van der Waals surface area contributed by atoms with Crippen molar-refractivity contribution in [2.75, 3.05) is 33.9 Å². The number of aliphatic hydroxyl groups is 1. The molecule has 0 spiro atoms. The van der Waals surface area contributed by atoms with Crippen LogP contribution in [0.5, 0.6) is 11.5 Å². The molecule has 0 heterocycles. The average molecular weight is 422 g/mol. The highest BCUT2D eigenvalue weighted by Crippen LogP contribution is 2.29. The number of aliphatic hydroxyl groups excluding tert-OH is 1. The molecule has 0 unspecified atom stereocenters. The highest BCUT2D eigenvalue weighted by atomic mass is 16.5. The Hall–Kier alpha value is -2.86. The van der Waals surface area contributed by atoms with Crippen LogP contribution in [-0.4, -0.2) is 45.1 Å². The number of hydrogen-bond donors (Lipinski definition) is 2. The molecule has 3 rings (SSSR count). The highest BCUT2D eigenvalue weighted by molar-refractivity contribution is 5.36. The van der Waals surface area contributed by atoms with Crippen molar-refractivity contribution in [1.29, 1.82) is 0 Å². The molecule has 5 heteroatoms. The lowest BCUT2D eigenvalue weighted by Gasteiger charge is -2.22. The quantitative estimate of drug-likeness (QED) is 0.433. The van der Waals surface area contributed by atoms with Crippen LogP contribution in [0.3, 0.4) is 0 Å². The summed E-state index contributed by atoms with van der Waals surface area (Å²) in [5, 5.41) is 13.7. The smallest absolute Gasteiger partial charge is 0.118 e. The standard InChI is InChI=1S/C26H31NO4/c1-29-24-12-8-21(9-13-24)26(22-10-14-25(30-2)15-11-22)31-19-23(28)18-27-17-16-20-6-4-3-5-7-20/h3-15,23,26-28H,16-19H2,1-2H3/t23-/m1/s1. The van der Waals surface area contributed by atoms with E-state index in [0.29, 0.717) is 6.54 Å². The van der Waals surface area contributed by atoms with Crippen LogP contribution in [0.15, 0.2) is 78.9 Å². The zero-order chi connectivity index (χ0) is 21.9. The number of nitrogens with one attached hydrogen (secondary N) is 1. The minimum Gasteiger partial charge on any atom is -0.497 e. The van der Waals surface area contributed by atoms with E-state index in [0.717, 1.165) is 35.6 Å². The Balaban J connectivity index is 1.56. The zero-order valence-electron chi connectivity index (χ0n) is 18.2. The molecule has 0 radical (unpaired) electrons. The molecule has 31 heavy (non-hydrogen) atoms. The normalized spacial score (nSPS) is 12.0. The lowest BCUT2D eigenvalue weighted by molar-refractivity contribution is 0.00668. The van der Waals surface area contributed by atoms with Gasteiger partial charge in [-0.1, -0.05) is 54.6 Å². The Morgan fingerprint density at radius 3 is 1.84 bits per heavy atom. The maximum atomic E-state index is 10.4. The summed E-state index contributed by atoms with van der Waals surface area (Å²) in [5.41, 5.74) is 3.27. The van der Waals surface area contributed by atoms with E-state index in [-0.39, 0.29) is 12.7 Å². The van der Waals surface area contributed by atoms with E-state index in [1.807, 2.05) is 66.7 Å². The van der Waals surface area contributed by atoms with E-state index in [4.69, 9.17) is 14.2 Å². The van der Waals surface area contributed by atoms with Crippen LogP contribution in [0.2, 0.25) is 0 Å². The fourth-order valence-corrected chi connectivity index (χ4v) is 3.35. The van der Waals surface area contributed by atoms with Gasteiger partial charge in [0.25, 0.3) is 0 Å². The van der Waals surface area contributed by atoms with Crippen LogP contribution in [0, 0.1) is 0 Å². The fourth-order valence-electron chi connectivity index (χ4n) is 3.35. The molecule has 5 nitrogen and oxygen atoms in total. The first-order valence-corrected chi connectivity index (χ1v) is 10.5. The number of hydrogen-bond acceptors (Lipinski definition) is 5. The Morgan fingerprint density at radius 2 is 1.32 bits per heavy atom. The topological polar surface area (TPSA) is 60.0 Å². The van der Waals surface area contributed by atoms with Crippen LogP contribution < -0.4 is 14.8 Å². The second-order valence-corrected chi connectivity index (χ2v) is 7.35. The molecule has 164 valence electrons. The average Bonchev–Trinajstić information content (AvgIpc) is 2.83. The molecular weight excluding hydrogens is 390 g/mol. The summed E-state index contributed by atoms with van der Waals surface area (Å²) in [7, 11) is 3.29. The lowest BCUT2D eigenvalue weighted by atomic mass is 10.0. The first-order valence-electron chi connectivity index (χ1n) is 10.5. The summed E-state index contributed by atoms with van der Waals surface area (Å²) >= 11 is 0. The van der Waals surface area contributed by atoms with Crippen molar-refractivity contribution >= 4 is 0 Å². The number of benzene rings is 3. The molecule has 0 aliphatic carbocycles. The van der Waals surface area contributed by atoms with Crippen molar-refractivity contribution in [2.45, 2.75) is 18.6 Å². The summed E-state index contributed by atoms with van der Waals surface area (Å²) in [6.07, 6.45) is 0.0277. The second-order valence-electron chi connectivity index (χ2n) is 7.35. The first-order chi connectivity index (χ1) is 15.2. The van der Waals surface area contributed by atoms with Gasteiger partial charge in [0.1, 0.15) is 17.6 Å². The van der Waals surface area contributed by atoms with Gasteiger partial charge in [-0.25, -0.2) is 0 Å². The highest BCUT2D eigenvalue weighted by Gasteiger charge is 2.17. The van der Waals surface area contributed by atoms with Gasteiger partial charge < -0.3 is 24.6 Å². The SMILES string of the molecule is COc1ccc(C(OC[C@H](O)CNCCc2ccccc2)c2ccc(OC)cc2)cc1. The van der Waals surface area contributed by atoms with E-state index >= 15 is 0 Å². The van der Waals surface area contributed by atoms with E-state index in [9.17, 15) is 5.11 Å². The van der Waals surface area contributed by atoms with Crippen LogP contribution in [-0.2, 0) is 11.2 Å². The monoisotopic (exact) mass is 421 g/mol. The molecule has 3 aromatic carbocycles. The van der Waals surface area contributed by atoms with Crippen molar-refractivity contribution in [1.82, 2.24) is 5.32 Å². The largest absolute Gasteiger partial charge is 0.497 e. The van der Waals surface area contributed by atoms with Gasteiger partial charge in [0, 0.05) is 6.54 Å². The molecule has 0 fully saturated rings. The second kappa shape index (κ2) is 12.1. The Bertz CT molecular complexity index is 834. The Labute approximate surface area is 184 Å². The molecule has 0 amide bonds. The van der Waals surface area contributed by atoms with Crippen molar-refractivity contribution in [3.05, 3.63) is 95.6 Å². The molecule has 0 saturated carbocycles. The molecule has 0 aromatic heterocycles. The summed E-state index contributed by atoms with van der Waals surface area (Å²) in [6, 6.07) is 25.9. The summed E-state index contributed by atoms with van der Waals surface area (Å²) in [6.45, 7) is 1.51. The number of rotatable bonds is 12. The fraction of sp³-hybridized carbons (Fsp3) is 0.308. The van der Waals surface area contributed by atoms with Crippen molar-refractivity contribution in [2.24, 2.45) is 0 Å².